The quantitative estimate of drug-likeness (QED) is 0.797. The molecule has 0 aliphatic heterocycles. The maximum absolute atomic E-state index is 9.80. The van der Waals surface area contributed by atoms with Crippen LogP contribution in [0.1, 0.15) is 29.7 Å². The van der Waals surface area contributed by atoms with E-state index >= 15 is 0 Å². The molecule has 1 aromatic carbocycles. The molecule has 1 atom stereocenters. The molecule has 2 heteroatoms. The molecular weight excluding hydrogens is 176 g/mol. The molecule has 0 aliphatic carbocycles. The van der Waals surface area contributed by atoms with E-state index in [1.54, 1.807) is 0 Å². The summed E-state index contributed by atoms with van der Waals surface area (Å²) in [6.45, 7) is 7.00. The number of benzene rings is 1. The van der Waals surface area contributed by atoms with Crippen molar-refractivity contribution in [3.8, 4) is 0 Å². The normalized spacial score (nSPS) is 12.9. The molecule has 2 nitrogen and oxygen atoms in total. The molecule has 14 heavy (non-hydrogen) atoms. The number of ether oxygens (including phenoxy) is 1. The van der Waals surface area contributed by atoms with Gasteiger partial charge in [-0.3, -0.25) is 0 Å². The van der Waals surface area contributed by atoms with Gasteiger partial charge in [-0.1, -0.05) is 23.8 Å². The van der Waals surface area contributed by atoms with E-state index in [2.05, 4.69) is 6.07 Å². The Balaban J connectivity index is 2.74. The first kappa shape index (κ1) is 11.2. The third-order valence-electron chi connectivity index (χ3n) is 2.26. The van der Waals surface area contributed by atoms with Crippen LogP contribution in [0.4, 0.5) is 0 Å². The highest BCUT2D eigenvalue weighted by molar-refractivity contribution is 5.31. The molecular formula is C12H18O2. The molecule has 1 aromatic rings. The summed E-state index contributed by atoms with van der Waals surface area (Å²) >= 11 is 0. The lowest BCUT2D eigenvalue weighted by Crippen LogP contribution is -2.08. The van der Waals surface area contributed by atoms with Crippen LogP contribution in [0.3, 0.4) is 0 Å². The van der Waals surface area contributed by atoms with Crippen LogP contribution in [0.5, 0.6) is 0 Å². The molecule has 0 bridgehead atoms. The molecule has 1 N–H and O–H groups in total. The van der Waals surface area contributed by atoms with Crippen LogP contribution < -0.4 is 0 Å². The van der Waals surface area contributed by atoms with Crippen LogP contribution in [0, 0.1) is 13.8 Å². The minimum Gasteiger partial charge on any atom is -0.386 e. The van der Waals surface area contributed by atoms with Gasteiger partial charge in [-0.25, -0.2) is 0 Å². The monoisotopic (exact) mass is 194 g/mol. The van der Waals surface area contributed by atoms with E-state index in [0.717, 1.165) is 11.1 Å². The van der Waals surface area contributed by atoms with Gasteiger partial charge >= 0.3 is 0 Å². The Morgan fingerprint density at radius 1 is 1.36 bits per heavy atom. The van der Waals surface area contributed by atoms with Crippen LogP contribution in [0.15, 0.2) is 18.2 Å². The fraction of sp³-hybridized carbons (Fsp3) is 0.500. The lowest BCUT2D eigenvalue weighted by molar-refractivity contribution is 0.0417. The Morgan fingerprint density at radius 3 is 2.64 bits per heavy atom. The third-order valence-corrected chi connectivity index (χ3v) is 2.26. The van der Waals surface area contributed by atoms with Gasteiger partial charge in [0.05, 0.1) is 6.61 Å². The standard InChI is InChI=1S/C12H18O2/c1-4-14-8-12(13)11-6-5-9(2)7-10(11)3/h5-7,12-13H,4,8H2,1-3H3. The van der Waals surface area contributed by atoms with Crippen molar-refractivity contribution in [2.45, 2.75) is 26.9 Å². The van der Waals surface area contributed by atoms with Crippen molar-refractivity contribution in [2.75, 3.05) is 13.2 Å². The maximum Gasteiger partial charge on any atom is 0.103 e. The molecule has 0 saturated carbocycles. The Kier molecular flexibility index (Phi) is 4.11. The minimum atomic E-state index is -0.504. The van der Waals surface area contributed by atoms with Crippen molar-refractivity contribution in [1.29, 1.82) is 0 Å². The van der Waals surface area contributed by atoms with Crippen LogP contribution in [-0.2, 0) is 4.74 Å². The van der Waals surface area contributed by atoms with E-state index < -0.39 is 6.10 Å². The third kappa shape index (κ3) is 2.82. The topological polar surface area (TPSA) is 29.5 Å². The van der Waals surface area contributed by atoms with Crippen LogP contribution in [-0.4, -0.2) is 18.3 Å². The Labute approximate surface area is 85.5 Å². The molecule has 1 rings (SSSR count). The minimum absolute atomic E-state index is 0.375. The average molecular weight is 194 g/mol. The second kappa shape index (κ2) is 5.13. The molecule has 1 unspecified atom stereocenters. The largest absolute Gasteiger partial charge is 0.386 e. The molecule has 0 heterocycles. The summed E-state index contributed by atoms with van der Waals surface area (Å²) in [5.74, 6) is 0. The van der Waals surface area contributed by atoms with E-state index in [1.165, 1.54) is 5.56 Å². The Morgan fingerprint density at radius 2 is 2.07 bits per heavy atom. The highest BCUT2D eigenvalue weighted by atomic mass is 16.5. The van der Waals surface area contributed by atoms with Crippen molar-refractivity contribution in [3.05, 3.63) is 34.9 Å². The zero-order chi connectivity index (χ0) is 10.6. The number of hydrogen-bond acceptors (Lipinski definition) is 2. The number of rotatable bonds is 4. The van der Waals surface area contributed by atoms with Gasteiger partial charge in [0, 0.05) is 6.61 Å². The summed E-state index contributed by atoms with van der Waals surface area (Å²) < 4.78 is 5.18. The molecule has 0 aromatic heterocycles. The molecule has 0 amide bonds. The van der Waals surface area contributed by atoms with Crippen molar-refractivity contribution in [2.24, 2.45) is 0 Å². The van der Waals surface area contributed by atoms with Gasteiger partial charge in [-0.2, -0.15) is 0 Å². The van der Waals surface area contributed by atoms with E-state index in [1.807, 2.05) is 32.9 Å². The predicted octanol–water partition coefficient (Wildman–Crippen LogP) is 2.37. The van der Waals surface area contributed by atoms with E-state index in [0.29, 0.717) is 13.2 Å². The van der Waals surface area contributed by atoms with Crippen molar-refractivity contribution in [3.63, 3.8) is 0 Å². The fourth-order valence-corrected chi connectivity index (χ4v) is 1.52. The van der Waals surface area contributed by atoms with Crippen molar-refractivity contribution >= 4 is 0 Å². The van der Waals surface area contributed by atoms with Gasteiger partial charge in [0.15, 0.2) is 0 Å². The molecule has 0 fully saturated rings. The molecule has 0 aliphatic rings. The summed E-state index contributed by atoms with van der Waals surface area (Å²) in [6, 6.07) is 6.05. The highest BCUT2D eigenvalue weighted by Gasteiger charge is 2.09. The van der Waals surface area contributed by atoms with Gasteiger partial charge in [-0.05, 0) is 31.9 Å². The molecule has 0 radical (unpaired) electrons. The van der Waals surface area contributed by atoms with Crippen LogP contribution in [0.25, 0.3) is 0 Å². The van der Waals surface area contributed by atoms with Crippen LogP contribution >= 0.6 is 0 Å². The zero-order valence-corrected chi connectivity index (χ0v) is 9.08. The summed E-state index contributed by atoms with van der Waals surface area (Å²) in [6.07, 6.45) is -0.504. The summed E-state index contributed by atoms with van der Waals surface area (Å²) in [7, 11) is 0. The number of aliphatic hydroxyl groups excluding tert-OH is 1. The highest BCUT2D eigenvalue weighted by Crippen LogP contribution is 2.18. The number of hydrogen-bond donors (Lipinski definition) is 1. The van der Waals surface area contributed by atoms with E-state index in [4.69, 9.17) is 4.74 Å². The van der Waals surface area contributed by atoms with E-state index in [-0.39, 0.29) is 0 Å². The Hall–Kier alpha value is -0.860. The Bertz CT molecular complexity index is 294. The van der Waals surface area contributed by atoms with Gasteiger partial charge < -0.3 is 9.84 Å². The van der Waals surface area contributed by atoms with E-state index in [9.17, 15) is 5.11 Å². The number of aliphatic hydroxyl groups is 1. The summed E-state index contributed by atoms with van der Waals surface area (Å²) in [4.78, 5) is 0. The molecule has 78 valence electrons. The van der Waals surface area contributed by atoms with Crippen molar-refractivity contribution < 1.29 is 9.84 Å². The summed E-state index contributed by atoms with van der Waals surface area (Å²) in [5, 5.41) is 9.80. The first-order valence-electron chi connectivity index (χ1n) is 4.98. The second-order valence-electron chi connectivity index (χ2n) is 3.54. The van der Waals surface area contributed by atoms with Gasteiger partial charge in [0.2, 0.25) is 0 Å². The van der Waals surface area contributed by atoms with Gasteiger partial charge in [0.1, 0.15) is 6.10 Å². The molecule has 0 spiro atoms. The zero-order valence-electron chi connectivity index (χ0n) is 9.08. The lowest BCUT2D eigenvalue weighted by Gasteiger charge is -2.13. The van der Waals surface area contributed by atoms with Crippen molar-refractivity contribution in [1.82, 2.24) is 0 Å². The first-order chi connectivity index (χ1) is 6.65. The second-order valence-corrected chi connectivity index (χ2v) is 3.54. The smallest absolute Gasteiger partial charge is 0.103 e. The molecule has 0 saturated heterocycles. The van der Waals surface area contributed by atoms with Crippen LogP contribution in [0.2, 0.25) is 0 Å². The SMILES string of the molecule is CCOCC(O)c1ccc(C)cc1C. The first-order valence-corrected chi connectivity index (χ1v) is 4.98. The number of aryl methyl sites for hydroxylation is 2. The average Bonchev–Trinajstić information content (AvgIpc) is 2.14. The van der Waals surface area contributed by atoms with Gasteiger partial charge in [0.25, 0.3) is 0 Å². The van der Waals surface area contributed by atoms with Gasteiger partial charge in [-0.15, -0.1) is 0 Å². The maximum atomic E-state index is 9.80. The fourth-order valence-electron chi connectivity index (χ4n) is 1.52. The lowest BCUT2D eigenvalue weighted by atomic mass is 10.0. The summed E-state index contributed by atoms with van der Waals surface area (Å²) in [5.41, 5.74) is 3.30. The predicted molar refractivity (Wildman–Crippen MR) is 57.4 cm³/mol.